The summed E-state index contributed by atoms with van der Waals surface area (Å²) < 4.78 is 0. The van der Waals surface area contributed by atoms with Gasteiger partial charge in [-0.1, -0.05) is 24.3 Å². The van der Waals surface area contributed by atoms with Crippen LogP contribution >= 0.6 is 0 Å². The van der Waals surface area contributed by atoms with E-state index >= 15 is 0 Å². The standard InChI is InChI=1S/C17H21N3O/c1-13-5-2-8-15(11-13)19-17(21)20-16-9-3-6-14(12-16)7-4-10-18/h2-3,5-6,8-9,11-12H,4,7,10,18H2,1H3,(H2,19,20,21). The van der Waals surface area contributed by atoms with E-state index in [1.165, 1.54) is 5.56 Å². The molecule has 4 N–H and O–H groups in total. The fraction of sp³-hybridized carbons (Fsp3) is 0.235. The van der Waals surface area contributed by atoms with Crippen molar-refractivity contribution in [2.24, 2.45) is 5.73 Å². The van der Waals surface area contributed by atoms with E-state index < -0.39 is 0 Å². The van der Waals surface area contributed by atoms with Gasteiger partial charge in [-0.25, -0.2) is 4.79 Å². The Bertz CT molecular complexity index is 610. The van der Waals surface area contributed by atoms with E-state index in [1.807, 2.05) is 55.5 Å². The van der Waals surface area contributed by atoms with Crippen molar-refractivity contribution in [2.45, 2.75) is 19.8 Å². The zero-order valence-corrected chi connectivity index (χ0v) is 12.2. The summed E-state index contributed by atoms with van der Waals surface area (Å²) in [5.41, 5.74) is 9.37. The van der Waals surface area contributed by atoms with Gasteiger partial charge in [-0.05, 0) is 61.7 Å². The second kappa shape index (κ2) is 7.45. The van der Waals surface area contributed by atoms with Gasteiger partial charge in [0, 0.05) is 11.4 Å². The molecule has 0 aromatic heterocycles. The largest absolute Gasteiger partial charge is 0.330 e. The van der Waals surface area contributed by atoms with Crippen molar-refractivity contribution in [3.63, 3.8) is 0 Å². The van der Waals surface area contributed by atoms with E-state index in [-0.39, 0.29) is 6.03 Å². The van der Waals surface area contributed by atoms with Crippen molar-refractivity contribution in [1.29, 1.82) is 0 Å². The predicted octanol–water partition coefficient (Wildman–Crippen LogP) is 3.53. The smallest absolute Gasteiger partial charge is 0.323 e. The van der Waals surface area contributed by atoms with E-state index in [4.69, 9.17) is 5.73 Å². The lowest BCUT2D eigenvalue weighted by Crippen LogP contribution is -2.19. The number of urea groups is 1. The Kier molecular flexibility index (Phi) is 5.35. The van der Waals surface area contributed by atoms with Crippen LogP contribution in [0, 0.1) is 6.92 Å². The second-order valence-corrected chi connectivity index (χ2v) is 5.04. The summed E-state index contributed by atoms with van der Waals surface area (Å²) in [4.78, 5) is 12.0. The van der Waals surface area contributed by atoms with Crippen LogP contribution in [-0.4, -0.2) is 12.6 Å². The number of nitrogens with two attached hydrogens (primary N) is 1. The Labute approximate surface area is 125 Å². The van der Waals surface area contributed by atoms with Crippen molar-refractivity contribution in [3.8, 4) is 0 Å². The maximum Gasteiger partial charge on any atom is 0.323 e. The molecule has 21 heavy (non-hydrogen) atoms. The summed E-state index contributed by atoms with van der Waals surface area (Å²) >= 11 is 0. The lowest BCUT2D eigenvalue weighted by Gasteiger charge is -2.09. The van der Waals surface area contributed by atoms with Crippen LogP contribution in [-0.2, 0) is 6.42 Å². The van der Waals surface area contributed by atoms with Gasteiger partial charge in [0.05, 0.1) is 0 Å². The van der Waals surface area contributed by atoms with Crippen LogP contribution in [0.4, 0.5) is 16.2 Å². The summed E-state index contributed by atoms with van der Waals surface area (Å²) in [5, 5.41) is 5.67. The van der Waals surface area contributed by atoms with E-state index in [1.54, 1.807) is 0 Å². The number of nitrogens with one attached hydrogen (secondary N) is 2. The molecule has 0 spiro atoms. The first kappa shape index (κ1) is 15.1. The van der Waals surface area contributed by atoms with E-state index in [0.29, 0.717) is 6.54 Å². The lowest BCUT2D eigenvalue weighted by atomic mass is 10.1. The highest BCUT2D eigenvalue weighted by molar-refractivity contribution is 5.99. The molecule has 0 saturated heterocycles. The number of aryl methyl sites for hydroxylation is 2. The SMILES string of the molecule is Cc1cccc(NC(=O)Nc2cccc(CCCN)c2)c1. The second-order valence-electron chi connectivity index (χ2n) is 5.04. The molecule has 2 aromatic carbocycles. The maximum absolute atomic E-state index is 12.0. The average Bonchev–Trinajstić information content (AvgIpc) is 2.45. The van der Waals surface area contributed by atoms with Gasteiger partial charge in [-0.15, -0.1) is 0 Å². The summed E-state index contributed by atoms with van der Waals surface area (Å²) in [6.45, 7) is 2.66. The van der Waals surface area contributed by atoms with Crippen molar-refractivity contribution in [2.75, 3.05) is 17.2 Å². The lowest BCUT2D eigenvalue weighted by molar-refractivity contribution is 0.262. The maximum atomic E-state index is 12.0. The molecule has 2 rings (SSSR count). The molecule has 2 amide bonds. The number of hydrogen-bond donors (Lipinski definition) is 3. The normalized spacial score (nSPS) is 10.2. The zero-order chi connectivity index (χ0) is 15.1. The summed E-state index contributed by atoms with van der Waals surface area (Å²) in [5.74, 6) is 0. The van der Waals surface area contributed by atoms with Crippen LogP contribution in [0.2, 0.25) is 0 Å². The molecule has 2 aromatic rings. The zero-order valence-electron chi connectivity index (χ0n) is 12.2. The fourth-order valence-corrected chi connectivity index (χ4v) is 2.13. The van der Waals surface area contributed by atoms with Gasteiger partial charge < -0.3 is 16.4 Å². The molecule has 0 aliphatic carbocycles. The molecule has 0 atom stereocenters. The van der Waals surface area contributed by atoms with E-state index in [0.717, 1.165) is 29.8 Å². The predicted molar refractivity (Wildman–Crippen MR) is 87.6 cm³/mol. The summed E-state index contributed by atoms with van der Waals surface area (Å²) in [6.07, 6.45) is 1.87. The topological polar surface area (TPSA) is 67.2 Å². The molecule has 110 valence electrons. The van der Waals surface area contributed by atoms with Crippen molar-refractivity contribution < 1.29 is 4.79 Å². The van der Waals surface area contributed by atoms with E-state index in [2.05, 4.69) is 10.6 Å². The molecular weight excluding hydrogens is 262 g/mol. The van der Waals surface area contributed by atoms with Crippen LogP contribution in [0.1, 0.15) is 17.5 Å². The third-order valence-corrected chi connectivity index (χ3v) is 3.13. The van der Waals surface area contributed by atoms with Gasteiger partial charge in [0.1, 0.15) is 0 Å². The molecule has 0 aliphatic rings. The Hall–Kier alpha value is -2.33. The van der Waals surface area contributed by atoms with Gasteiger partial charge in [0.2, 0.25) is 0 Å². The van der Waals surface area contributed by atoms with Crippen LogP contribution in [0.25, 0.3) is 0 Å². The molecule has 0 heterocycles. The first-order valence-corrected chi connectivity index (χ1v) is 7.11. The molecule has 0 aliphatic heterocycles. The number of carbonyl (C=O) groups is 1. The van der Waals surface area contributed by atoms with Crippen LogP contribution < -0.4 is 16.4 Å². The third-order valence-electron chi connectivity index (χ3n) is 3.13. The highest BCUT2D eigenvalue weighted by atomic mass is 16.2. The minimum absolute atomic E-state index is 0.239. The first-order chi connectivity index (χ1) is 10.2. The number of carbonyl (C=O) groups excluding carboxylic acids is 1. The average molecular weight is 283 g/mol. The molecular formula is C17H21N3O. The number of hydrogen-bond acceptors (Lipinski definition) is 2. The highest BCUT2D eigenvalue weighted by Gasteiger charge is 2.03. The van der Waals surface area contributed by atoms with Crippen LogP contribution in [0.15, 0.2) is 48.5 Å². The Morgan fingerprint density at radius 3 is 2.38 bits per heavy atom. The molecule has 0 saturated carbocycles. The molecule has 0 radical (unpaired) electrons. The van der Waals surface area contributed by atoms with Crippen LogP contribution in [0.3, 0.4) is 0 Å². The molecule has 0 fully saturated rings. The van der Waals surface area contributed by atoms with Gasteiger partial charge in [-0.2, -0.15) is 0 Å². The van der Waals surface area contributed by atoms with Crippen molar-refractivity contribution >= 4 is 17.4 Å². The van der Waals surface area contributed by atoms with Gasteiger partial charge >= 0.3 is 6.03 Å². The van der Waals surface area contributed by atoms with Crippen molar-refractivity contribution in [1.82, 2.24) is 0 Å². The molecule has 4 heteroatoms. The third kappa shape index (κ3) is 4.93. The van der Waals surface area contributed by atoms with Gasteiger partial charge in [0.25, 0.3) is 0 Å². The fourth-order valence-electron chi connectivity index (χ4n) is 2.13. The number of anilines is 2. The Morgan fingerprint density at radius 1 is 1.05 bits per heavy atom. The number of rotatable bonds is 5. The highest BCUT2D eigenvalue weighted by Crippen LogP contribution is 2.14. The molecule has 0 unspecified atom stereocenters. The monoisotopic (exact) mass is 283 g/mol. The minimum atomic E-state index is -0.239. The van der Waals surface area contributed by atoms with E-state index in [9.17, 15) is 4.79 Å². The first-order valence-electron chi connectivity index (χ1n) is 7.11. The quantitative estimate of drug-likeness (QED) is 0.785. The minimum Gasteiger partial charge on any atom is -0.330 e. The summed E-state index contributed by atoms with van der Waals surface area (Å²) in [7, 11) is 0. The molecule has 0 bridgehead atoms. The van der Waals surface area contributed by atoms with Gasteiger partial charge in [0.15, 0.2) is 0 Å². The molecule has 4 nitrogen and oxygen atoms in total. The van der Waals surface area contributed by atoms with Crippen LogP contribution in [0.5, 0.6) is 0 Å². The number of amides is 2. The Morgan fingerprint density at radius 2 is 1.71 bits per heavy atom. The van der Waals surface area contributed by atoms with Gasteiger partial charge in [-0.3, -0.25) is 0 Å². The van der Waals surface area contributed by atoms with Crippen molar-refractivity contribution in [3.05, 3.63) is 59.7 Å². The number of benzene rings is 2. The summed E-state index contributed by atoms with van der Waals surface area (Å²) in [6, 6.07) is 15.3. The Balaban J connectivity index is 1.96.